The van der Waals surface area contributed by atoms with Crippen LogP contribution in [0.15, 0.2) is 79.0 Å². The Labute approximate surface area is 430 Å². The smallest absolute Gasteiger partial charge is 0.348 e. The van der Waals surface area contributed by atoms with E-state index in [4.69, 9.17) is 29.0 Å². The van der Waals surface area contributed by atoms with E-state index in [1.807, 2.05) is 40.9 Å². The van der Waals surface area contributed by atoms with Crippen LogP contribution >= 0.6 is 11.3 Å². The maximum absolute atomic E-state index is 14.1. The lowest BCUT2D eigenvalue weighted by Gasteiger charge is -2.35. The third kappa shape index (κ3) is 14.5. The average Bonchev–Trinajstić information content (AvgIpc) is 4.15. The molecular formula is C50H60FN13O9S. The van der Waals surface area contributed by atoms with Crippen LogP contribution in [-0.4, -0.2) is 157 Å². The van der Waals surface area contributed by atoms with Gasteiger partial charge in [0.15, 0.2) is 10.8 Å². The zero-order valence-corrected chi connectivity index (χ0v) is 42.1. The van der Waals surface area contributed by atoms with E-state index in [1.165, 1.54) is 26.0 Å². The summed E-state index contributed by atoms with van der Waals surface area (Å²) in [4.78, 5) is 68.4. The molecule has 22 nitrogen and oxygen atoms in total. The van der Waals surface area contributed by atoms with E-state index in [2.05, 4.69) is 45.9 Å². The van der Waals surface area contributed by atoms with Gasteiger partial charge in [-0.2, -0.15) is 0 Å². The minimum Gasteiger partial charge on any atom is -0.383 e. The van der Waals surface area contributed by atoms with Crippen LogP contribution in [0.5, 0.6) is 0 Å². The second kappa shape index (κ2) is 26.1. The molecule has 2 aromatic carbocycles. The number of nitro groups is 1. The quantitative estimate of drug-likeness (QED) is 0.0295. The zero-order chi connectivity index (χ0) is 51.8. The summed E-state index contributed by atoms with van der Waals surface area (Å²) in [6.45, 7) is 10.7. The number of fused-ring (bicyclic) bond motifs is 1. The number of imidazole rings is 1. The summed E-state index contributed by atoms with van der Waals surface area (Å²) in [7, 11) is 0. The van der Waals surface area contributed by atoms with Crippen molar-refractivity contribution in [3.8, 4) is 11.4 Å². The van der Waals surface area contributed by atoms with Crippen LogP contribution in [0, 0.1) is 22.9 Å². The number of nitrogens with one attached hydrogen (secondary N) is 4. The van der Waals surface area contributed by atoms with Gasteiger partial charge in [0.2, 0.25) is 11.8 Å². The van der Waals surface area contributed by atoms with Gasteiger partial charge in [-0.1, -0.05) is 18.2 Å². The van der Waals surface area contributed by atoms with Crippen molar-refractivity contribution in [3.05, 3.63) is 112 Å². The topological polar surface area (TPSA) is 245 Å². The third-order valence-electron chi connectivity index (χ3n) is 12.2. The fourth-order valence-electron chi connectivity index (χ4n) is 8.64. The molecule has 4 aromatic heterocycles. The molecule has 2 aliphatic heterocycles. The number of carbonyl (C=O) groups is 3. The number of carbonyl (C=O) groups excluding carboxylic acids is 3. The summed E-state index contributed by atoms with van der Waals surface area (Å²) in [6, 6.07) is 21.6. The molecular weight excluding hydrogens is 978 g/mol. The first-order valence-corrected chi connectivity index (χ1v) is 25.3. The number of pyridine rings is 1. The number of benzene rings is 2. The Morgan fingerprint density at radius 2 is 1.55 bits per heavy atom. The number of aromatic nitrogens is 5. The Balaban J connectivity index is 0.643. The highest BCUT2D eigenvalue weighted by Gasteiger charge is 2.29. The van der Waals surface area contributed by atoms with Crippen LogP contribution in [0.3, 0.4) is 0 Å². The normalized spacial score (nSPS) is 14.9. The van der Waals surface area contributed by atoms with Gasteiger partial charge in [0, 0.05) is 58.4 Å². The predicted octanol–water partition coefficient (Wildman–Crippen LogP) is 5.57. The molecule has 24 heteroatoms. The zero-order valence-electron chi connectivity index (χ0n) is 41.3. The molecule has 74 heavy (non-hydrogen) atoms. The largest absolute Gasteiger partial charge is 0.383 e. The standard InChI is InChI=1S/C50H60FN13O9S/c1-34-49(64(68)69)74-50(55-34)58-48(67)39-12-11-38(31-41(39)56-35(2)65)52-15-22-70-24-26-72-28-29-73-27-25-71-23-16-53-47(66)33-60-18-20-61(21-19-60)45-10-4-8-40(57-45)43-32-54-44-13-14-46(59-63(43)44)62-17-5-9-42(62)36-6-3-7-37(51)30-36/h3-4,6-8,10-14,30-32,42,52H,5,9,15-29,33H2,1-2H3,(H,53,66)(H,56,65)(H,55,58,67)/t42-/m1/s1. The molecule has 6 aromatic rings. The van der Waals surface area contributed by atoms with E-state index in [0.29, 0.717) is 96.9 Å². The molecule has 8 rings (SSSR count). The minimum atomic E-state index is -0.575. The Morgan fingerprint density at radius 3 is 2.27 bits per heavy atom. The molecule has 3 amide bonds. The molecule has 4 N–H and O–H groups in total. The number of hydrogen-bond acceptors (Lipinski definition) is 18. The number of aryl methyl sites for hydroxylation is 1. The highest BCUT2D eigenvalue weighted by atomic mass is 32.1. The average molecular weight is 1040 g/mol. The van der Waals surface area contributed by atoms with E-state index in [9.17, 15) is 28.9 Å². The Bertz CT molecular complexity index is 2880. The van der Waals surface area contributed by atoms with Crippen molar-refractivity contribution in [3.63, 3.8) is 0 Å². The fourth-order valence-corrected chi connectivity index (χ4v) is 9.42. The van der Waals surface area contributed by atoms with Gasteiger partial charge in [0.25, 0.3) is 5.91 Å². The van der Waals surface area contributed by atoms with Gasteiger partial charge in [0.05, 0.1) is 93.5 Å². The summed E-state index contributed by atoms with van der Waals surface area (Å²) in [5.74, 6) is 0.416. The molecule has 1 atom stereocenters. The van der Waals surface area contributed by atoms with Gasteiger partial charge in [-0.15, -0.1) is 5.10 Å². The number of ether oxygens (including phenoxy) is 4. The van der Waals surface area contributed by atoms with Crippen molar-refractivity contribution >= 4 is 67.8 Å². The first kappa shape index (κ1) is 53.1. The second-order valence-electron chi connectivity index (χ2n) is 17.4. The van der Waals surface area contributed by atoms with Crippen LogP contribution in [0.4, 0.5) is 37.5 Å². The van der Waals surface area contributed by atoms with Gasteiger partial charge in [0.1, 0.15) is 28.8 Å². The minimum absolute atomic E-state index is 0.0470. The fraction of sp³-hybridized carbons (Fsp3) is 0.420. The summed E-state index contributed by atoms with van der Waals surface area (Å²) >= 11 is 0.753. The lowest BCUT2D eigenvalue weighted by atomic mass is 10.0. The maximum Gasteiger partial charge on any atom is 0.348 e. The van der Waals surface area contributed by atoms with E-state index in [0.717, 1.165) is 72.4 Å². The molecule has 0 aliphatic carbocycles. The maximum atomic E-state index is 14.1. The van der Waals surface area contributed by atoms with Crippen LogP contribution in [0.2, 0.25) is 0 Å². The van der Waals surface area contributed by atoms with Gasteiger partial charge in [-0.25, -0.2) is 23.9 Å². The summed E-state index contributed by atoms with van der Waals surface area (Å²) < 4.78 is 38.4. The SMILES string of the molecule is CC(=O)Nc1cc(NCCOCCOCCOCCOCCNC(=O)CN2CCN(c3cccc(-c4cnc5ccc(N6CCC[C@@H]6c6cccc(F)c6)nn45)n3)CC2)ccc1C(=O)Nc1nc(C)c([N+](=O)[O-])s1. The molecule has 2 saturated heterocycles. The molecule has 0 bridgehead atoms. The van der Waals surface area contributed by atoms with Gasteiger partial charge in [-0.3, -0.25) is 34.7 Å². The number of amides is 3. The lowest BCUT2D eigenvalue weighted by molar-refractivity contribution is -0.380. The van der Waals surface area contributed by atoms with E-state index < -0.39 is 10.8 Å². The molecule has 2 fully saturated rings. The number of piperazine rings is 1. The summed E-state index contributed by atoms with van der Waals surface area (Å²) in [5.41, 5.74) is 4.47. The highest BCUT2D eigenvalue weighted by Crippen LogP contribution is 2.36. The van der Waals surface area contributed by atoms with Crippen molar-refractivity contribution in [2.75, 3.05) is 131 Å². The van der Waals surface area contributed by atoms with Crippen molar-refractivity contribution in [2.45, 2.75) is 32.7 Å². The number of halogens is 1. The monoisotopic (exact) mass is 1040 g/mol. The summed E-state index contributed by atoms with van der Waals surface area (Å²) in [5, 5.41) is 27.4. The molecule has 6 heterocycles. The van der Waals surface area contributed by atoms with Gasteiger partial charge in [-0.05, 0) is 91.3 Å². The van der Waals surface area contributed by atoms with Crippen LogP contribution < -0.4 is 31.1 Å². The molecule has 392 valence electrons. The first-order chi connectivity index (χ1) is 36.0. The van der Waals surface area contributed by atoms with Gasteiger partial charge < -0.3 is 44.7 Å². The lowest BCUT2D eigenvalue weighted by Crippen LogP contribution is -2.50. The second-order valence-corrected chi connectivity index (χ2v) is 18.4. The Morgan fingerprint density at radius 1 is 0.824 bits per heavy atom. The molecule has 2 aliphatic rings. The van der Waals surface area contributed by atoms with Crippen LogP contribution in [0.1, 0.15) is 47.4 Å². The molecule has 0 spiro atoms. The number of nitrogens with zero attached hydrogens (tertiary/aromatic N) is 9. The van der Waals surface area contributed by atoms with E-state index >= 15 is 0 Å². The van der Waals surface area contributed by atoms with Crippen LogP contribution in [0.25, 0.3) is 17.0 Å². The highest BCUT2D eigenvalue weighted by molar-refractivity contribution is 7.19. The molecule has 0 unspecified atom stereocenters. The Hall–Kier alpha value is -7.22. The van der Waals surface area contributed by atoms with Crippen molar-refractivity contribution < 1.29 is 42.6 Å². The van der Waals surface area contributed by atoms with Crippen molar-refractivity contribution in [1.29, 1.82) is 0 Å². The van der Waals surface area contributed by atoms with E-state index in [1.54, 1.807) is 30.5 Å². The number of thiazole rings is 1. The summed E-state index contributed by atoms with van der Waals surface area (Å²) in [6.07, 6.45) is 3.71. The first-order valence-electron chi connectivity index (χ1n) is 24.5. The third-order valence-corrected chi connectivity index (χ3v) is 13.2. The predicted molar refractivity (Wildman–Crippen MR) is 278 cm³/mol. The van der Waals surface area contributed by atoms with Crippen molar-refractivity contribution in [2.24, 2.45) is 0 Å². The Kier molecular flexibility index (Phi) is 18.7. The number of anilines is 5. The van der Waals surface area contributed by atoms with E-state index in [-0.39, 0.29) is 50.8 Å². The van der Waals surface area contributed by atoms with Gasteiger partial charge >= 0.3 is 5.00 Å². The number of rotatable bonds is 26. The van der Waals surface area contributed by atoms with Crippen LogP contribution in [-0.2, 0) is 28.5 Å². The molecule has 0 saturated carbocycles. The van der Waals surface area contributed by atoms with Crippen molar-refractivity contribution in [1.82, 2.24) is 34.8 Å². The molecule has 0 radical (unpaired) electrons. The number of hydrogen-bond donors (Lipinski definition) is 4.